The molecule has 2 aromatic carbocycles. The van der Waals surface area contributed by atoms with Crippen LogP contribution >= 0.6 is 0 Å². The van der Waals surface area contributed by atoms with Crippen molar-refractivity contribution in [1.29, 1.82) is 0 Å². The third kappa shape index (κ3) is 4.52. The number of nitrogens with one attached hydrogen (secondary N) is 1. The van der Waals surface area contributed by atoms with Crippen molar-refractivity contribution in [3.8, 4) is 17.2 Å². The molecule has 37 heavy (non-hydrogen) atoms. The number of pyridine rings is 1. The van der Waals surface area contributed by atoms with Gasteiger partial charge in [-0.25, -0.2) is 9.37 Å². The number of ether oxygens (including phenoxy) is 2. The number of benzene rings is 2. The van der Waals surface area contributed by atoms with Crippen LogP contribution < -0.4 is 14.8 Å². The molecule has 6 rings (SSSR count). The number of aromatic nitrogens is 1. The van der Waals surface area contributed by atoms with Crippen LogP contribution in [0.4, 0.5) is 23.4 Å². The van der Waals surface area contributed by atoms with Crippen LogP contribution in [0.2, 0.25) is 0 Å². The highest BCUT2D eigenvalue weighted by molar-refractivity contribution is 5.93. The number of halogens is 4. The summed E-state index contributed by atoms with van der Waals surface area (Å²) >= 11 is 0. The monoisotopic (exact) mass is 512 g/mol. The molecule has 0 radical (unpaired) electrons. The van der Waals surface area contributed by atoms with E-state index < -0.39 is 17.6 Å². The van der Waals surface area contributed by atoms with Crippen molar-refractivity contribution in [2.45, 2.75) is 43.9 Å². The van der Waals surface area contributed by atoms with Crippen LogP contribution in [0, 0.1) is 11.7 Å². The van der Waals surface area contributed by atoms with Crippen molar-refractivity contribution in [3.05, 3.63) is 76.7 Å². The van der Waals surface area contributed by atoms with Gasteiger partial charge in [0.05, 0.1) is 5.56 Å². The molecule has 1 unspecified atom stereocenters. The van der Waals surface area contributed by atoms with Crippen molar-refractivity contribution < 1.29 is 36.6 Å². The Hall–Kier alpha value is -3.95. The molecule has 0 spiro atoms. The van der Waals surface area contributed by atoms with Crippen molar-refractivity contribution in [2.75, 3.05) is 5.32 Å². The van der Waals surface area contributed by atoms with Gasteiger partial charge < -0.3 is 14.8 Å². The maximum atomic E-state index is 13.7. The average molecular weight is 512 g/mol. The number of Topliss-reactive ketones (excluding diaryl/α,β-unsaturated/α-hetero) is 1. The molecule has 0 bridgehead atoms. The van der Waals surface area contributed by atoms with Crippen LogP contribution in [0.3, 0.4) is 0 Å². The third-order valence-electron chi connectivity index (χ3n) is 6.95. The molecule has 2 aliphatic heterocycles. The second-order valence-corrected chi connectivity index (χ2v) is 9.52. The Bertz CT molecular complexity index is 1440. The van der Waals surface area contributed by atoms with Crippen molar-refractivity contribution in [2.24, 2.45) is 5.92 Å². The van der Waals surface area contributed by atoms with Crippen molar-refractivity contribution >= 4 is 17.5 Å². The van der Waals surface area contributed by atoms with Crippen LogP contribution in [-0.2, 0) is 28.6 Å². The minimum absolute atomic E-state index is 0.00277. The van der Waals surface area contributed by atoms with Gasteiger partial charge in [0, 0.05) is 48.4 Å². The molecule has 3 aliphatic rings. The zero-order valence-electron chi connectivity index (χ0n) is 19.3. The van der Waals surface area contributed by atoms with E-state index in [1.54, 1.807) is 24.4 Å². The number of ketones is 1. The molecule has 190 valence electrons. The van der Waals surface area contributed by atoms with Crippen molar-refractivity contribution in [1.82, 2.24) is 4.98 Å². The van der Waals surface area contributed by atoms with Gasteiger partial charge in [-0.05, 0) is 54.4 Å². The van der Waals surface area contributed by atoms with Gasteiger partial charge >= 0.3 is 6.18 Å². The van der Waals surface area contributed by atoms with Crippen LogP contribution in [-0.4, -0.2) is 22.8 Å². The molecule has 3 heterocycles. The van der Waals surface area contributed by atoms with E-state index in [1.807, 2.05) is 6.07 Å². The van der Waals surface area contributed by atoms with E-state index in [1.165, 1.54) is 0 Å². The molecule has 1 fully saturated rings. The third-order valence-corrected chi connectivity index (χ3v) is 6.95. The molecule has 6 nitrogen and oxygen atoms in total. The SMILES string of the molecule is O=C(Cc1cc(F)cc(C(F)(F)F)c1)C[C@@H]1C2Oc3ccc(Oc4ccnc5c4CCC(=O)N5)cc3[C@H]21. The van der Waals surface area contributed by atoms with Gasteiger partial charge in [-0.15, -0.1) is 0 Å². The van der Waals surface area contributed by atoms with E-state index in [4.69, 9.17) is 9.47 Å². The average Bonchev–Trinajstić information content (AvgIpc) is 3.34. The lowest BCUT2D eigenvalue weighted by Crippen LogP contribution is -2.20. The summed E-state index contributed by atoms with van der Waals surface area (Å²) in [6.07, 6.45) is -2.61. The summed E-state index contributed by atoms with van der Waals surface area (Å²) in [5.74, 6) is 0.840. The lowest BCUT2D eigenvalue weighted by molar-refractivity contribution is -0.138. The highest BCUT2D eigenvalue weighted by Gasteiger charge is 2.59. The van der Waals surface area contributed by atoms with E-state index in [2.05, 4.69) is 10.3 Å². The Balaban J connectivity index is 1.13. The van der Waals surface area contributed by atoms with Crippen LogP contribution in [0.15, 0.2) is 48.7 Å². The number of fused-ring (bicyclic) bond motifs is 4. The molecule has 1 aliphatic carbocycles. The predicted octanol–water partition coefficient (Wildman–Crippen LogP) is 5.59. The number of hydrogen-bond donors (Lipinski definition) is 1. The number of anilines is 1. The number of hydrogen-bond acceptors (Lipinski definition) is 5. The quantitative estimate of drug-likeness (QED) is 0.436. The fourth-order valence-corrected chi connectivity index (χ4v) is 5.22. The summed E-state index contributed by atoms with van der Waals surface area (Å²) < 4.78 is 64.7. The fraction of sp³-hybridized carbons (Fsp3) is 0.296. The molecule has 10 heteroatoms. The summed E-state index contributed by atoms with van der Waals surface area (Å²) in [4.78, 5) is 28.5. The Kier molecular flexibility index (Phi) is 5.43. The summed E-state index contributed by atoms with van der Waals surface area (Å²) in [5, 5.41) is 2.74. The normalized spacial score (nSPS) is 21.3. The van der Waals surface area contributed by atoms with E-state index in [-0.39, 0.29) is 48.0 Å². The molecular formula is C27H20F4N2O4. The fourth-order valence-electron chi connectivity index (χ4n) is 5.22. The van der Waals surface area contributed by atoms with Crippen molar-refractivity contribution in [3.63, 3.8) is 0 Å². The summed E-state index contributed by atoms with van der Waals surface area (Å²) in [7, 11) is 0. The first-order valence-corrected chi connectivity index (χ1v) is 11.8. The standard InChI is InChI=1S/C27H20F4N2O4/c28-15-8-13(7-14(10-15)27(29,30)31)9-16(34)11-20-24-19-12-17(1-3-21(19)37-25(20)24)36-22-5-6-32-26-18(22)2-4-23(35)33-26/h1,3,5-8,10,12,20,24-25H,2,4,9,11H2,(H,32,33,35)/t20-,24-,25?/m0/s1. The number of nitrogens with zero attached hydrogens (tertiary/aromatic N) is 1. The molecule has 1 N–H and O–H groups in total. The van der Waals surface area contributed by atoms with Gasteiger partial charge in [0.1, 0.15) is 40.8 Å². The number of carbonyl (C=O) groups excluding carboxylic acids is 2. The lowest BCUT2D eigenvalue weighted by Gasteiger charge is -2.19. The number of rotatable bonds is 6. The summed E-state index contributed by atoms with van der Waals surface area (Å²) in [6, 6.07) is 9.37. The second-order valence-electron chi connectivity index (χ2n) is 9.52. The Morgan fingerprint density at radius 1 is 1.14 bits per heavy atom. The highest BCUT2D eigenvalue weighted by Crippen LogP contribution is 2.60. The first kappa shape index (κ1) is 23.4. The van der Waals surface area contributed by atoms with Gasteiger partial charge in [0.15, 0.2) is 0 Å². The maximum Gasteiger partial charge on any atom is 0.416 e. The summed E-state index contributed by atoms with van der Waals surface area (Å²) in [6.45, 7) is 0. The van der Waals surface area contributed by atoms with Gasteiger partial charge in [-0.2, -0.15) is 13.2 Å². The maximum absolute atomic E-state index is 13.7. The molecule has 0 saturated heterocycles. The van der Waals surface area contributed by atoms with Gasteiger partial charge in [0.2, 0.25) is 5.91 Å². The minimum atomic E-state index is -4.69. The van der Waals surface area contributed by atoms with Crippen LogP contribution in [0.5, 0.6) is 17.2 Å². The smallest absolute Gasteiger partial charge is 0.416 e. The summed E-state index contributed by atoms with van der Waals surface area (Å²) in [5.41, 5.74) is 0.609. The topological polar surface area (TPSA) is 77.5 Å². The zero-order valence-corrected chi connectivity index (χ0v) is 19.3. The molecular weight excluding hydrogens is 492 g/mol. The molecule has 1 aromatic heterocycles. The molecule has 3 atom stereocenters. The van der Waals surface area contributed by atoms with E-state index in [9.17, 15) is 27.2 Å². The molecule has 1 amide bonds. The van der Waals surface area contributed by atoms with E-state index >= 15 is 0 Å². The van der Waals surface area contributed by atoms with E-state index in [0.717, 1.165) is 23.3 Å². The number of carbonyl (C=O) groups is 2. The van der Waals surface area contributed by atoms with Gasteiger partial charge in [-0.3, -0.25) is 9.59 Å². The molecule has 1 saturated carbocycles. The number of alkyl halides is 3. The highest BCUT2D eigenvalue weighted by atomic mass is 19.4. The predicted molar refractivity (Wildman–Crippen MR) is 123 cm³/mol. The van der Waals surface area contributed by atoms with E-state index in [0.29, 0.717) is 42.0 Å². The van der Waals surface area contributed by atoms with Crippen LogP contribution in [0.25, 0.3) is 0 Å². The second kappa shape index (κ2) is 8.57. The van der Waals surface area contributed by atoms with Gasteiger partial charge in [-0.1, -0.05) is 0 Å². The van der Waals surface area contributed by atoms with Crippen LogP contribution in [0.1, 0.15) is 41.0 Å². The Morgan fingerprint density at radius 3 is 2.78 bits per heavy atom. The number of amides is 1. The Morgan fingerprint density at radius 2 is 1.97 bits per heavy atom. The zero-order chi connectivity index (χ0) is 25.9. The first-order chi connectivity index (χ1) is 17.7. The first-order valence-electron chi connectivity index (χ1n) is 11.8. The minimum Gasteiger partial charge on any atom is -0.489 e. The lowest BCUT2D eigenvalue weighted by atomic mass is 10.00. The van der Waals surface area contributed by atoms with Gasteiger partial charge in [0.25, 0.3) is 0 Å². The largest absolute Gasteiger partial charge is 0.489 e. The Labute approximate surface area is 208 Å². The molecule has 3 aromatic rings.